The van der Waals surface area contributed by atoms with Gasteiger partial charge in [-0.2, -0.15) is 5.10 Å². The van der Waals surface area contributed by atoms with Crippen molar-refractivity contribution >= 4 is 35.0 Å². The van der Waals surface area contributed by atoms with Crippen LogP contribution in [0.3, 0.4) is 0 Å². The molecule has 0 unspecified atom stereocenters. The number of amides is 1. The first-order valence-electron chi connectivity index (χ1n) is 8.69. The Hall–Kier alpha value is -2.45. The van der Waals surface area contributed by atoms with Gasteiger partial charge in [0.25, 0.3) is 5.91 Å². The summed E-state index contributed by atoms with van der Waals surface area (Å²) in [6.45, 7) is 3.55. The number of carbonyl (C=O) groups excluding carboxylic acids is 2. The van der Waals surface area contributed by atoms with Crippen LogP contribution in [0, 0.1) is 0 Å². The number of thioether (sulfide) groups is 1. The summed E-state index contributed by atoms with van der Waals surface area (Å²) in [7, 11) is 1.25. The molecule has 0 aromatic heterocycles. The van der Waals surface area contributed by atoms with Crippen molar-refractivity contribution in [3.05, 3.63) is 46.4 Å². The van der Waals surface area contributed by atoms with Crippen molar-refractivity contribution in [2.45, 2.75) is 32.8 Å². The highest BCUT2D eigenvalue weighted by Crippen LogP contribution is 2.23. The highest BCUT2D eigenvalue weighted by Gasteiger charge is 2.24. The van der Waals surface area contributed by atoms with E-state index < -0.39 is 11.9 Å². The molecule has 1 aliphatic rings. The normalized spacial score (nSPS) is 17.0. The number of hydrogen-bond acceptors (Lipinski definition) is 7. The van der Waals surface area contributed by atoms with E-state index in [1.54, 1.807) is 6.21 Å². The second-order valence-corrected chi connectivity index (χ2v) is 6.77. The number of hydrogen-bond donors (Lipinski definition) is 1. The molecule has 8 heteroatoms. The third kappa shape index (κ3) is 7.36. The molecule has 0 bridgehead atoms. The summed E-state index contributed by atoms with van der Waals surface area (Å²) in [6, 6.07) is 7.82. The lowest BCUT2D eigenvalue weighted by Crippen LogP contribution is -2.19. The molecule has 27 heavy (non-hydrogen) atoms. The van der Waals surface area contributed by atoms with Gasteiger partial charge in [-0.05, 0) is 29.3 Å². The molecule has 1 aromatic rings. The van der Waals surface area contributed by atoms with Gasteiger partial charge in [0.2, 0.25) is 0 Å². The Kier molecular flexibility index (Phi) is 8.73. The third-order valence-corrected chi connectivity index (χ3v) is 4.50. The maximum absolute atomic E-state index is 11.7. The van der Waals surface area contributed by atoms with Crippen LogP contribution in [0.15, 0.2) is 45.4 Å². The molecule has 0 spiro atoms. The number of ether oxygens (including phenoxy) is 2. The Labute approximate surface area is 162 Å². The highest BCUT2D eigenvalue weighted by molar-refractivity contribution is 8.18. The molecule has 0 aliphatic carbocycles. The zero-order chi connectivity index (χ0) is 19.5. The molecule has 1 heterocycles. The maximum atomic E-state index is 11.7. The van der Waals surface area contributed by atoms with Crippen molar-refractivity contribution in [3.8, 4) is 0 Å². The zero-order valence-corrected chi connectivity index (χ0v) is 16.3. The maximum Gasteiger partial charge on any atom is 0.331 e. The van der Waals surface area contributed by atoms with Gasteiger partial charge in [0, 0.05) is 12.7 Å². The van der Waals surface area contributed by atoms with Crippen molar-refractivity contribution in [1.29, 1.82) is 0 Å². The molecule has 1 aromatic carbocycles. The first-order chi connectivity index (χ1) is 13.1. The standard InChI is InChI=1S/C19H23N3O4S/c1-3-4-5-10-26-13-15-8-6-14(7-9-15)12-20-22-19-21-18(24)16(27-19)11-17(23)25-2/h6-9,11-12H,3-5,10,13H2,1-2H3,(H,21,22,24)/b16-11+,20-12?. The first kappa shape index (κ1) is 20.9. The average molecular weight is 389 g/mol. The van der Waals surface area contributed by atoms with Gasteiger partial charge in [0.05, 0.1) is 24.8 Å². The molecule has 0 atom stereocenters. The van der Waals surface area contributed by atoms with Crippen molar-refractivity contribution in [2.24, 2.45) is 10.2 Å². The van der Waals surface area contributed by atoms with Gasteiger partial charge < -0.3 is 9.47 Å². The summed E-state index contributed by atoms with van der Waals surface area (Å²) in [5.41, 5.74) is 1.99. The van der Waals surface area contributed by atoms with E-state index in [1.807, 2.05) is 24.3 Å². The molecular formula is C19H23N3O4S. The Morgan fingerprint density at radius 1 is 1.26 bits per heavy atom. The molecule has 7 nitrogen and oxygen atoms in total. The number of rotatable bonds is 9. The predicted octanol–water partition coefficient (Wildman–Crippen LogP) is 3.00. The molecule has 1 fully saturated rings. The molecule has 144 valence electrons. The molecule has 1 amide bonds. The molecular weight excluding hydrogens is 366 g/mol. The van der Waals surface area contributed by atoms with Gasteiger partial charge >= 0.3 is 5.97 Å². The minimum Gasteiger partial charge on any atom is -0.466 e. The van der Waals surface area contributed by atoms with E-state index in [0.717, 1.165) is 42.0 Å². The SMILES string of the molecule is CCCCCOCc1ccc(C=N/N=C2/NC(=O)/C(=C\C(=O)OC)S2)cc1. The van der Waals surface area contributed by atoms with Crippen LogP contribution in [0.2, 0.25) is 0 Å². The number of nitrogens with zero attached hydrogens (tertiary/aromatic N) is 2. The van der Waals surface area contributed by atoms with Crippen LogP contribution in [0.1, 0.15) is 37.3 Å². The zero-order valence-electron chi connectivity index (χ0n) is 15.4. The van der Waals surface area contributed by atoms with Gasteiger partial charge in [0.1, 0.15) is 0 Å². The van der Waals surface area contributed by atoms with Crippen LogP contribution >= 0.6 is 11.8 Å². The fraction of sp³-hybridized carbons (Fsp3) is 0.368. The number of nitrogens with one attached hydrogen (secondary N) is 1. The number of methoxy groups -OCH3 is 1. The lowest BCUT2D eigenvalue weighted by atomic mass is 10.1. The smallest absolute Gasteiger partial charge is 0.331 e. The van der Waals surface area contributed by atoms with E-state index in [2.05, 4.69) is 27.2 Å². The second kappa shape index (κ2) is 11.3. The monoisotopic (exact) mass is 389 g/mol. The van der Waals surface area contributed by atoms with Gasteiger partial charge in [-0.1, -0.05) is 44.0 Å². The summed E-state index contributed by atoms with van der Waals surface area (Å²) < 4.78 is 10.1. The fourth-order valence-electron chi connectivity index (χ4n) is 2.13. The van der Waals surface area contributed by atoms with Crippen LogP contribution < -0.4 is 5.32 Å². The second-order valence-electron chi connectivity index (χ2n) is 5.74. The number of carbonyl (C=O) groups is 2. The average Bonchev–Trinajstić information content (AvgIpc) is 3.02. The van der Waals surface area contributed by atoms with Crippen LogP contribution in [-0.2, 0) is 25.7 Å². The van der Waals surface area contributed by atoms with Gasteiger partial charge in [-0.25, -0.2) is 4.79 Å². The Morgan fingerprint density at radius 2 is 2.04 bits per heavy atom. The van der Waals surface area contributed by atoms with Crippen LogP contribution in [0.25, 0.3) is 0 Å². The number of benzene rings is 1. The van der Waals surface area contributed by atoms with E-state index in [1.165, 1.54) is 20.0 Å². The highest BCUT2D eigenvalue weighted by atomic mass is 32.2. The number of amidine groups is 1. The number of unbranched alkanes of at least 4 members (excludes halogenated alkanes) is 2. The van der Waals surface area contributed by atoms with Crippen LogP contribution in [0.5, 0.6) is 0 Å². The van der Waals surface area contributed by atoms with Crippen molar-refractivity contribution in [3.63, 3.8) is 0 Å². The summed E-state index contributed by atoms with van der Waals surface area (Å²) in [5, 5.41) is 10.8. The van der Waals surface area contributed by atoms with Gasteiger partial charge in [0.15, 0.2) is 5.17 Å². The van der Waals surface area contributed by atoms with E-state index in [-0.39, 0.29) is 4.91 Å². The predicted molar refractivity (Wildman–Crippen MR) is 106 cm³/mol. The minimum atomic E-state index is -0.591. The molecule has 0 saturated carbocycles. The lowest BCUT2D eigenvalue weighted by molar-refractivity contribution is -0.135. The van der Waals surface area contributed by atoms with E-state index >= 15 is 0 Å². The number of esters is 1. The topological polar surface area (TPSA) is 89.4 Å². The Bertz CT molecular complexity index is 742. The first-order valence-corrected chi connectivity index (χ1v) is 9.50. The quantitative estimate of drug-likeness (QED) is 0.231. The largest absolute Gasteiger partial charge is 0.466 e. The molecule has 1 saturated heterocycles. The summed E-state index contributed by atoms with van der Waals surface area (Å²) >= 11 is 1.03. The molecule has 1 aliphatic heterocycles. The van der Waals surface area contributed by atoms with E-state index in [4.69, 9.17) is 4.74 Å². The fourth-order valence-corrected chi connectivity index (χ4v) is 2.87. The molecule has 0 radical (unpaired) electrons. The van der Waals surface area contributed by atoms with Crippen molar-refractivity contribution in [2.75, 3.05) is 13.7 Å². The van der Waals surface area contributed by atoms with Crippen LogP contribution in [-0.4, -0.2) is 37.0 Å². The molecule has 2 rings (SSSR count). The van der Waals surface area contributed by atoms with Gasteiger partial charge in [-0.3, -0.25) is 10.1 Å². The van der Waals surface area contributed by atoms with Gasteiger partial charge in [-0.15, -0.1) is 5.10 Å². The Balaban J connectivity index is 1.84. The van der Waals surface area contributed by atoms with E-state index in [0.29, 0.717) is 11.8 Å². The van der Waals surface area contributed by atoms with Crippen molar-refractivity contribution in [1.82, 2.24) is 5.32 Å². The third-order valence-electron chi connectivity index (χ3n) is 3.60. The lowest BCUT2D eigenvalue weighted by Gasteiger charge is -2.04. The van der Waals surface area contributed by atoms with E-state index in [9.17, 15) is 9.59 Å². The summed E-state index contributed by atoms with van der Waals surface area (Å²) in [6.07, 6.45) is 6.18. The Morgan fingerprint density at radius 3 is 2.74 bits per heavy atom. The summed E-state index contributed by atoms with van der Waals surface area (Å²) in [4.78, 5) is 23.1. The van der Waals surface area contributed by atoms with Crippen molar-refractivity contribution < 1.29 is 19.1 Å². The molecule has 1 N–H and O–H groups in total. The summed E-state index contributed by atoms with van der Waals surface area (Å²) in [5.74, 6) is -0.991. The van der Waals surface area contributed by atoms with Crippen LogP contribution in [0.4, 0.5) is 0 Å². The minimum absolute atomic E-state index is 0.221.